The Hall–Kier alpha value is -3.23. The molecule has 0 aromatic heterocycles. The Morgan fingerprint density at radius 2 is 1.53 bits per heavy atom. The molecule has 30 heavy (non-hydrogen) atoms. The fourth-order valence-corrected chi connectivity index (χ4v) is 2.72. The molecule has 0 bridgehead atoms. The molecule has 0 aliphatic carbocycles. The van der Waals surface area contributed by atoms with Gasteiger partial charge in [0, 0.05) is 0 Å². The van der Waals surface area contributed by atoms with Crippen LogP contribution in [0.25, 0.3) is 0 Å². The predicted octanol–water partition coefficient (Wildman–Crippen LogP) is 4.00. The van der Waals surface area contributed by atoms with Crippen LogP contribution in [0.2, 0.25) is 0 Å². The highest BCUT2D eigenvalue weighted by Gasteiger charge is 2.16. The minimum Gasteiger partial charge on any atom is -0.493 e. The Morgan fingerprint density at radius 3 is 2.07 bits per heavy atom. The monoisotopic (exact) mass is 426 g/mol. The van der Waals surface area contributed by atoms with Crippen molar-refractivity contribution in [3.8, 4) is 28.7 Å². The third-order valence-electron chi connectivity index (χ3n) is 4.00. The molecule has 0 spiro atoms. The summed E-state index contributed by atoms with van der Waals surface area (Å²) in [5.74, 6) is 0.850. The van der Waals surface area contributed by atoms with Crippen molar-refractivity contribution in [1.29, 1.82) is 0 Å². The van der Waals surface area contributed by atoms with Crippen LogP contribution in [0.15, 0.2) is 30.3 Å². The summed E-state index contributed by atoms with van der Waals surface area (Å²) >= 11 is 0. The van der Waals surface area contributed by atoms with Gasteiger partial charge < -0.3 is 28.4 Å². The first-order chi connectivity index (χ1) is 14.4. The van der Waals surface area contributed by atoms with Crippen LogP contribution in [-0.4, -0.2) is 40.5 Å². The number of carbonyl (C=O) groups excluding carboxylic acids is 1. The lowest BCUT2D eigenvalue weighted by Gasteiger charge is -2.14. The molecule has 0 saturated heterocycles. The molecule has 7 nitrogen and oxygen atoms in total. The Balaban J connectivity index is 2.06. The summed E-state index contributed by atoms with van der Waals surface area (Å²) in [5, 5.41) is 0. The largest absolute Gasteiger partial charge is 0.493 e. The number of halogens is 2. The summed E-state index contributed by atoms with van der Waals surface area (Å²) < 4.78 is 55.8. The summed E-state index contributed by atoms with van der Waals surface area (Å²) in [5.41, 5.74) is 1.18. The molecule has 0 amide bonds. The maximum atomic E-state index is 12.5. The van der Waals surface area contributed by atoms with Gasteiger partial charge in [-0.3, -0.25) is 4.79 Å². The van der Waals surface area contributed by atoms with Crippen LogP contribution in [0, 0.1) is 0 Å². The van der Waals surface area contributed by atoms with Gasteiger partial charge in [-0.15, -0.1) is 0 Å². The summed E-state index contributed by atoms with van der Waals surface area (Å²) in [6.07, 6.45) is -0.0262. The van der Waals surface area contributed by atoms with Crippen LogP contribution < -0.4 is 23.7 Å². The van der Waals surface area contributed by atoms with Crippen molar-refractivity contribution in [2.24, 2.45) is 0 Å². The number of hydrogen-bond acceptors (Lipinski definition) is 7. The van der Waals surface area contributed by atoms with Gasteiger partial charge in [0.1, 0.15) is 6.61 Å². The highest BCUT2D eigenvalue weighted by Crippen LogP contribution is 2.38. The number of rotatable bonds is 11. The summed E-state index contributed by atoms with van der Waals surface area (Å²) in [4.78, 5) is 12.3. The van der Waals surface area contributed by atoms with Crippen LogP contribution in [0.5, 0.6) is 28.7 Å². The van der Waals surface area contributed by atoms with Gasteiger partial charge in [0.05, 0.1) is 34.4 Å². The minimum atomic E-state index is -2.97. The number of alkyl halides is 2. The molecule has 0 saturated carbocycles. The van der Waals surface area contributed by atoms with Crippen molar-refractivity contribution < 1.29 is 42.0 Å². The van der Waals surface area contributed by atoms with Crippen LogP contribution in [-0.2, 0) is 22.6 Å². The normalized spacial score (nSPS) is 10.5. The van der Waals surface area contributed by atoms with E-state index < -0.39 is 12.6 Å². The SMILES string of the molecule is CCOc1cc(COC(=O)Cc2cc(OC)c(OC)c(OC)c2)ccc1OC(F)F. The predicted molar refractivity (Wildman–Crippen MR) is 104 cm³/mol. The maximum Gasteiger partial charge on any atom is 0.387 e. The first kappa shape index (κ1) is 23.1. The Labute approximate surface area is 173 Å². The second-order valence-electron chi connectivity index (χ2n) is 5.96. The van der Waals surface area contributed by atoms with E-state index in [1.807, 2.05) is 0 Å². The van der Waals surface area contributed by atoms with Crippen LogP contribution in [0.3, 0.4) is 0 Å². The van der Waals surface area contributed by atoms with Gasteiger partial charge in [-0.05, 0) is 42.3 Å². The Bertz CT molecular complexity index is 830. The van der Waals surface area contributed by atoms with Crippen molar-refractivity contribution in [3.05, 3.63) is 41.5 Å². The van der Waals surface area contributed by atoms with E-state index in [0.717, 1.165) is 0 Å². The molecule has 0 heterocycles. The second kappa shape index (κ2) is 11.1. The van der Waals surface area contributed by atoms with Gasteiger partial charge in [0.15, 0.2) is 23.0 Å². The molecule has 0 radical (unpaired) electrons. The molecule has 2 rings (SSSR count). The van der Waals surface area contributed by atoms with Crippen molar-refractivity contribution in [1.82, 2.24) is 0 Å². The Morgan fingerprint density at radius 1 is 0.900 bits per heavy atom. The number of esters is 1. The van der Waals surface area contributed by atoms with Gasteiger partial charge in [-0.2, -0.15) is 8.78 Å². The minimum absolute atomic E-state index is 0.0262. The smallest absolute Gasteiger partial charge is 0.387 e. The summed E-state index contributed by atoms with van der Waals surface area (Å²) in [6.45, 7) is -1.04. The van der Waals surface area contributed by atoms with Gasteiger partial charge in [0.25, 0.3) is 0 Å². The highest BCUT2D eigenvalue weighted by molar-refractivity contribution is 5.73. The van der Waals surface area contributed by atoms with Crippen molar-refractivity contribution in [2.75, 3.05) is 27.9 Å². The van der Waals surface area contributed by atoms with E-state index in [2.05, 4.69) is 4.74 Å². The molecule has 0 N–H and O–H groups in total. The lowest BCUT2D eigenvalue weighted by atomic mass is 10.1. The molecule has 0 fully saturated rings. The number of methoxy groups -OCH3 is 3. The van der Waals surface area contributed by atoms with E-state index in [4.69, 9.17) is 23.7 Å². The lowest BCUT2D eigenvalue weighted by Crippen LogP contribution is -2.09. The molecule has 2 aromatic carbocycles. The molecule has 0 aliphatic heterocycles. The van der Waals surface area contributed by atoms with Gasteiger partial charge in [0.2, 0.25) is 5.75 Å². The summed E-state index contributed by atoms with van der Waals surface area (Å²) in [6, 6.07) is 7.68. The van der Waals surface area contributed by atoms with E-state index in [0.29, 0.717) is 28.4 Å². The highest BCUT2D eigenvalue weighted by atomic mass is 19.3. The molecular weight excluding hydrogens is 402 g/mol. The van der Waals surface area contributed by atoms with E-state index in [1.165, 1.54) is 39.5 Å². The van der Waals surface area contributed by atoms with E-state index >= 15 is 0 Å². The molecule has 164 valence electrons. The molecule has 0 aliphatic rings. The lowest BCUT2D eigenvalue weighted by molar-refractivity contribution is -0.144. The first-order valence-corrected chi connectivity index (χ1v) is 9.06. The van der Waals surface area contributed by atoms with Gasteiger partial charge in [-0.25, -0.2) is 0 Å². The van der Waals surface area contributed by atoms with Crippen LogP contribution in [0.4, 0.5) is 8.78 Å². The zero-order chi connectivity index (χ0) is 22.1. The molecule has 2 aromatic rings. The third-order valence-corrected chi connectivity index (χ3v) is 4.00. The van der Waals surface area contributed by atoms with Gasteiger partial charge in [-0.1, -0.05) is 6.07 Å². The Kier molecular flexibility index (Phi) is 8.52. The quantitative estimate of drug-likeness (QED) is 0.503. The average Bonchev–Trinajstić information content (AvgIpc) is 2.72. The number of benzene rings is 2. The molecular formula is C21H24F2O7. The maximum absolute atomic E-state index is 12.5. The first-order valence-electron chi connectivity index (χ1n) is 9.06. The van der Waals surface area contributed by atoms with Crippen LogP contribution in [0.1, 0.15) is 18.1 Å². The fourth-order valence-electron chi connectivity index (χ4n) is 2.72. The van der Waals surface area contributed by atoms with Crippen molar-refractivity contribution >= 4 is 5.97 Å². The number of ether oxygens (including phenoxy) is 6. The topological polar surface area (TPSA) is 72.5 Å². The van der Waals surface area contributed by atoms with E-state index in [9.17, 15) is 13.6 Å². The molecule has 0 unspecified atom stereocenters. The molecule has 0 atom stereocenters. The zero-order valence-electron chi connectivity index (χ0n) is 17.2. The van der Waals surface area contributed by atoms with Gasteiger partial charge >= 0.3 is 12.6 Å². The van der Waals surface area contributed by atoms with Crippen molar-refractivity contribution in [2.45, 2.75) is 26.6 Å². The van der Waals surface area contributed by atoms with Crippen molar-refractivity contribution in [3.63, 3.8) is 0 Å². The number of carbonyl (C=O) groups is 1. The van der Waals surface area contributed by atoms with E-state index in [-0.39, 0.29) is 31.1 Å². The van der Waals surface area contributed by atoms with E-state index in [1.54, 1.807) is 19.1 Å². The number of hydrogen-bond donors (Lipinski definition) is 0. The third kappa shape index (κ3) is 6.13. The molecule has 9 heteroatoms. The average molecular weight is 426 g/mol. The zero-order valence-corrected chi connectivity index (χ0v) is 17.2. The van der Waals surface area contributed by atoms with Crippen LogP contribution >= 0.6 is 0 Å². The second-order valence-corrected chi connectivity index (χ2v) is 5.96. The standard InChI is InChI=1S/C21H24F2O7/c1-5-28-16-8-13(6-7-15(16)30-21(22)23)12-29-19(24)11-14-9-17(25-2)20(27-4)18(10-14)26-3/h6-10,21H,5,11-12H2,1-4H3. The summed E-state index contributed by atoms with van der Waals surface area (Å²) in [7, 11) is 4.45. The fraction of sp³-hybridized carbons (Fsp3) is 0.381.